The van der Waals surface area contributed by atoms with Crippen LogP contribution in [0.1, 0.15) is 34.6 Å². The number of hydrogen-bond acceptors (Lipinski definition) is 2. The molecule has 3 heteroatoms. The van der Waals surface area contributed by atoms with Gasteiger partial charge in [0.2, 0.25) is 0 Å². The second-order valence-electron chi connectivity index (χ2n) is 3.71. The molecule has 0 saturated carbocycles. The zero-order valence-corrected chi connectivity index (χ0v) is 9.87. The number of hydrogen-bond donors (Lipinski definition) is 1. The molecule has 0 radical (unpaired) electrons. The largest absolute Gasteiger partial charge is 0.461 e. The van der Waals surface area contributed by atoms with Crippen LogP contribution in [0.3, 0.4) is 0 Å². The van der Waals surface area contributed by atoms with Crippen molar-refractivity contribution >= 4 is 6.02 Å². The number of allylic oxidation sites excluding steroid dienone is 1. The van der Waals surface area contributed by atoms with Gasteiger partial charge in [0.25, 0.3) is 6.02 Å². The van der Waals surface area contributed by atoms with Crippen molar-refractivity contribution in [3.8, 4) is 0 Å². The predicted octanol–water partition coefficient (Wildman–Crippen LogP) is 2.34. The molecule has 82 valence electrons. The summed E-state index contributed by atoms with van der Waals surface area (Å²) in [7, 11) is 0. The minimum absolute atomic E-state index is 0.252. The van der Waals surface area contributed by atoms with E-state index < -0.39 is 0 Å². The van der Waals surface area contributed by atoms with Gasteiger partial charge in [-0.3, -0.25) is 0 Å². The van der Waals surface area contributed by atoms with E-state index >= 15 is 0 Å². The molecule has 0 unspecified atom stereocenters. The van der Waals surface area contributed by atoms with Crippen LogP contribution in [0.2, 0.25) is 0 Å². The van der Waals surface area contributed by atoms with Crippen molar-refractivity contribution in [1.82, 2.24) is 5.32 Å². The molecule has 0 rings (SSSR count). The summed E-state index contributed by atoms with van der Waals surface area (Å²) in [5, 5.41) is 3.16. The molecule has 0 saturated heterocycles. The third-order valence-corrected chi connectivity index (χ3v) is 1.34. The Morgan fingerprint density at radius 1 is 1.36 bits per heavy atom. The van der Waals surface area contributed by atoms with Crippen molar-refractivity contribution in [3.63, 3.8) is 0 Å². The van der Waals surface area contributed by atoms with Crippen molar-refractivity contribution < 1.29 is 4.74 Å². The molecular weight excluding hydrogens is 176 g/mol. The van der Waals surface area contributed by atoms with Crippen LogP contribution >= 0.6 is 0 Å². The van der Waals surface area contributed by atoms with Gasteiger partial charge < -0.3 is 10.1 Å². The van der Waals surface area contributed by atoms with Crippen molar-refractivity contribution in [2.75, 3.05) is 6.61 Å². The Labute approximate surface area is 87.3 Å². The van der Waals surface area contributed by atoms with Crippen LogP contribution in [0.5, 0.6) is 0 Å². The smallest absolute Gasteiger partial charge is 0.285 e. The highest BCUT2D eigenvalue weighted by molar-refractivity contribution is 5.74. The normalized spacial score (nSPS) is 12.9. The Balaban J connectivity index is 4.11. The van der Waals surface area contributed by atoms with E-state index in [0.717, 1.165) is 0 Å². The van der Waals surface area contributed by atoms with E-state index in [1.54, 1.807) is 0 Å². The van der Waals surface area contributed by atoms with Crippen molar-refractivity contribution in [3.05, 3.63) is 12.2 Å². The highest BCUT2D eigenvalue weighted by atomic mass is 16.5. The van der Waals surface area contributed by atoms with Crippen LogP contribution in [-0.4, -0.2) is 24.7 Å². The summed E-state index contributed by atoms with van der Waals surface area (Å²) in [6.45, 7) is 10.7. The lowest BCUT2D eigenvalue weighted by molar-refractivity contribution is 0.323. The van der Waals surface area contributed by atoms with E-state index in [1.165, 1.54) is 0 Å². The lowest BCUT2D eigenvalue weighted by atomic mass is 10.4. The maximum atomic E-state index is 5.46. The fourth-order valence-corrected chi connectivity index (χ4v) is 0.821. The molecule has 0 aromatic heterocycles. The van der Waals surface area contributed by atoms with Gasteiger partial charge in [-0.25, -0.2) is 4.99 Å². The van der Waals surface area contributed by atoms with Crippen molar-refractivity contribution in [2.45, 2.75) is 46.7 Å². The number of nitrogens with one attached hydrogen (secondary N) is 1. The van der Waals surface area contributed by atoms with Gasteiger partial charge in [0.05, 0.1) is 0 Å². The number of aliphatic imine (C=N–C) groups is 1. The molecule has 0 heterocycles. The van der Waals surface area contributed by atoms with E-state index in [2.05, 4.69) is 24.2 Å². The third-order valence-electron chi connectivity index (χ3n) is 1.34. The first kappa shape index (κ1) is 13.0. The number of amidine groups is 1. The second kappa shape index (κ2) is 7.42. The molecule has 0 aromatic carbocycles. The lowest BCUT2D eigenvalue weighted by Gasteiger charge is -2.13. The Hall–Kier alpha value is -0.990. The molecule has 0 aliphatic rings. The maximum Gasteiger partial charge on any atom is 0.285 e. The first-order valence-electron chi connectivity index (χ1n) is 5.14. The van der Waals surface area contributed by atoms with Crippen LogP contribution in [0.4, 0.5) is 0 Å². The van der Waals surface area contributed by atoms with E-state index in [9.17, 15) is 0 Å². The molecule has 0 bridgehead atoms. The minimum Gasteiger partial charge on any atom is -0.461 e. The van der Waals surface area contributed by atoms with Crippen LogP contribution < -0.4 is 5.32 Å². The zero-order chi connectivity index (χ0) is 11.0. The molecule has 0 amide bonds. The average molecular weight is 198 g/mol. The van der Waals surface area contributed by atoms with E-state index in [-0.39, 0.29) is 6.04 Å². The number of rotatable bonds is 4. The summed E-state index contributed by atoms with van der Waals surface area (Å²) in [6, 6.07) is 1.23. The van der Waals surface area contributed by atoms with Gasteiger partial charge in [-0.1, -0.05) is 12.2 Å². The summed E-state index contributed by atoms with van der Waals surface area (Å²) in [5.74, 6) is 0. The topological polar surface area (TPSA) is 33.6 Å². The third kappa shape index (κ3) is 7.65. The molecule has 3 nitrogen and oxygen atoms in total. The first-order chi connectivity index (χ1) is 6.56. The number of ether oxygens (including phenoxy) is 1. The Morgan fingerprint density at radius 2 is 2.00 bits per heavy atom. The van der Waals surface area contributed by atoms with Gasteiger partial charge >= 0.3 is 0 Å². The number of nitrogens with zero attached hydrogens (tertiary/aromatic N) is 1. The standard InChI is InChI=1S/C11H22N2O/c1-6-7-8-14-11(12-9(2)3)13-10(4)5/h6-7,9-10H,8H2,1-5H3,(H,12,13)/b7-6+. The zero-order valence-electron chi connectivity index (χ0n) is 9.87. The summed E-state index contributed by atoms with van der Waals surface area (Å²) in [6.07, 6.45) is 3.92. The molecule has 0 fully saturated rings. The highest BCUT2D eigenvalue weighted by Gasteiger charge is 2.02. The highest BCUT2D eigenvalue weighted by Crippen LogP contribution is 1.91. The monoisotopic (exact) mass is 198 g/mol. The van der Waals surface area contributed by atoms with Crippen LogP contribution in [-0.2, 0) is 4.74 Å². The van der Waals surface area contributed by atoms with Gasteiger partial charge in [-0.2, -0.15) is 0 Å². The molecule has 0 aliphatic carbocycles. The van der Waals surface area contributed by atoms with Crippen LogP contribution in [0.25, 0.3) is 0 Å². The SMILES string of the molecule is C/C=C/COC(=NC(C)C)NC(C)C. The maximum absolute atomic E-state index is 5.46. The second-order valence-corrected chi connectivity index (χ2v) is 3.71. The Kier molecular flexibility index (Phi) is 6.89. The molecule has 14 heavy (non-hydrogen) atoms. The molecule has 0 aromatic rings. The van der Waals surface area contributed by atoms with Crippen molar-refractivity contribution in [2.24, 2.45) is 4.99 Å². The van der Waals surface area contributed by atoms with Crippen LogP contribution in [0, 0.1) is 0 Å². The van der Waals surface area contributed by atoms with Gasteiger partial charge in [0, 0.05) is 12.1 Å². The average Bonchev–Trinajstić information content (AvgIpc) is 2.02. The molecule has 0 aliphatic heterocycles. The van der Waals surface area contributed by atoms with Gasteiger partial charge in [0.1, 0.15) is 6.61 Å². The molecular formula is C11H22N2O. The Bertz CT molecular complexity index is 195. The summed E-state index contributed by atoms with van der Waals surface area (Å²) in [5.41, 5.74) is 0. The van der Waals surface area contributed by atoms with E-state index in [1.807, 2.05) is 32.9 Å². The van der Waals surface area contributed by atoms with Crippen molar-refractivity contribution in [1.29, 1.82) is 0 Å². The van der Waals surface area contributed by atoms with E-state index in [4.69, 9.17) is 4.74 Å². The van der Waals surface area contributed by atoms with Crippen LogP contribution in [0.15, 0.2) is 17.1 Å². The first-order valence-corrected chi connectivity index (χ1v) is 5.14. The fourth-order valence-electron chi connectivity index (χ4n) is 0.821. The van der Waals surface area contributed by atoms with Gasteiger partial charge in [-0.05, 0) is 34.6 Å². The summed E-state index contributed by atoms with van der Waals surface area (Å²) < 4.78 is 5.46. The van der Waals surface area contributed by atoms with E-state index in [0.29, 0.717) is 18.7 Å². The summed E-state index contributed by atoms with van der Waals surface area (Å²) >= 11 is 0. The van der Waals surface area contributed by atoms with Gasteiger partial charge in [-0.15, -0.1) is 0 Å². The Morgan fingerprint density at radius 3 is 2.43 bits per heavy atom. The fraction of sp³-hybridized carbons (Fsp3) is 0.727. The minimum atomic E-state index is 0.252. The molecule has 0 atom stereocenters. The predicted molar refractivity (Wildman–Crippen MR) is 61.6 cm³/mol. The van der Waals surface area contributed by atoms with Gasteiger partial charge in [0.15, 0.2) is 0 Å². The summed E-state index contributed by atoms with van der Waals surface area (Å²) in [4.78, 5) is 4.34. The molecule has 0 spiro atoms. The quantitative estimate of drug-likeness (QED) is 0.427. The molecule has 1 N–H and O–H groups in total. The lowest BCUT2D eigenvalue weighted by Crippen LogP contribution is -2.33.